The van der Waals surface area contributed by atoms with E-state index < -0.39 is 0 Å². The average Bonchev–Trinajstić information content (AvgIpc) is 2.53. The van der Waals surface area contributed by atoms with Gasteiger partial charge in [0.1, 0.15) is 5.82 Å². The van der Waals surface area contributed by atoms with Gasteiger partial charge in [0.05, 0.1) is 6.54 Å². The number of nitrogens with one attached hydrogen (secondary N) is 2. The number of aromatic nitrogens is 2. The quantitative estimate of drug-likeness (QED) is 0.648. The van der Waals surface area contributed by atoms with E-state index in [2.05, 4.69) is 28.1 Å². The third-order valence-corrected chi connectivity index (χ3v) is 1.60. The van der Waals surface area contributed by atoms with Crippen molar-refractivity contribution in [1.82, 2.24) is 15.3 Å². The fraction of sp³-hybridized carbons (Fsp3) is 0.444. The van der Waals surface area contributed by atoms with Crippen LogP contribution in [0.1, 0.15) is 19.2 Å². The Morgan fingerprint density at radius 2 is 2.67 bits per heavy atom. The fourth-order valence-corrected chi connectivity index (χ4v) is 0.914. The molecule has 0 aliphatic heterocycles. The zero-order valence-corrected chi connectivity index (χ0v) is 7.17. The fourth-order valence-electron chi connectivity index (χ4n) is 0.914. The molecule has 0 aliphatic carbocycles. The first kappa shape index (κ1) is 8.82. The molecule has 1 unspecified atom stereocenters. The summed E-state index contributed by atoms with van der Waals surface area (Å²) in [5.41, 5.74) is 0. The summed E-state index contributed by atoms with van der Waals surface area (Å²) in [6, 6.07) is 0.347. The Morgan fingerprint density at radius 1 is 1.83 bits per heavy atom. The molecular weight excluding hydrogens is 150 g/mol. The SMILES string of the molecule is C#CCC(C)NCc1ncc[nH]1. The average molecular weight is 163 g/mol. The van der Waals surface area contributed by atoms with Crippen LogP contribution >= 0.6 is 0 Å². The third-order valence-electron chi connectivity index (χ3n) is 1.60. The van der Waals surface area contributed by atoms with Crippen LogP contribution in [0.5, 0.6) is 0 Å². The molecule has 0 spiro atoms. The van der Waals surface area contributed by atoms with Crippen LogP contribution in [0.25, 0.3) is 0 Å². The van der Waals surface area contributed by atoms with Crippen LogP contribution < -0.4 is 5.32 Å². The maximum absolute atomic E-state index is 5.16. The zero-order chi connectivity index (χ0) is 8.81. The summed E-state index contributed by atoms with van der Waals surface area (Å²) in [5, 5.41) is 3.25. The number of aromatic amines is 1. The molecule has 3 nitrogen and oxygen atoms in total. The predicted octanol–water partition coefficient (Wildman–Crippen LogP) is 0.911. The van der Waals surface area contributed by atoms with E-state index in [9.17, 15) is 0 Å². The van der Waals surface area contributed by atoms with Gasteiger partial charge in [-0.25, -0.2) is 4.98 Å². The van der Waals surface area contributed by atoms with Crippen LogP contribution in [0.4, 0.5) is 0 Å². The van der Waals surface area contributed by atoms with Crippen LogP contribution in [-0.2, 0) is 6.54 Å². The van der Waals surface area contributed by atoms with E-state index >= 15 is 0 Å². The summed E-state index contributed by atoms with van der Waals surface area (Å²) in [4.78, 5) is 7.09. The van der Waals surface area contributed by atoms with Crippen molar-refractivity contribution in [3.8, 4) is 12.3 Å². The van der Waals surface area contributed by atoms with Crippen LogP contribution in [0, 0.1) is 12.3 Å². The number of imidazole rings is 1. The van der Waals surface area contributed by atoms with Crippen LogP contribution in [-0.4, -0.2) is 16.0 Å². The molecule has 1 aromatic heterocycles. The van der Waals surface area contributed by atoms with E-state index in [1.165, 1.54) is 0 Å². The highest BCUT2D eigenvalue weighted by atomic mass is 15.0. The smallest absolute Gasteiger partial charge is 0.120 e. The highest BCUT2D eigenvalue weighted by molar-refractivity contribution is 4.90. The lowest BCUT2D eigenvalue weighted by Gasteiger charge is -2.08. The second-order valence-electron chi connectivity index (χ2n) is 2.73. The Kier molecular flexibility index (Phi) is 3.36. The molecule has 0 fully saturated rings. The van der Waals surface area contributed by atoms with Crippen molar-refractivity contribution in [2.75, 3.05) is 0 Å². The Hall–Kier alpha value is -1.27. The largest absolute Gasteiger partial charge is 0.348 e. The number of H-pyrrole nitrogens is 1. The molecule has 0 amide bonds. The van der Waals surface area contributed by atoms with Crippen molar-refractivity contribution in [1.29, 1.82) is 0 Å². The van der Waals surface area contributed by atoms with Crippen molar-refractivity contribution in [3.63, 3.8) is 0 Å². The Bertz CT molecular complexity index is 245. The van der Waals surface area contributed by atoms with Crippen molar-refractivity contribution < 1.29 is 0 Å². The first-order chi connectivity index (χ1) is 5.83. The predicted molar refractivity (Wildman–Crippen MR) is 48.3 cm³/mol. The standard InChI is InChI=1S/C9H13N3/c1-3-4-8(2)12-7-9-10-5-6-11-9/h1,5-6,8,12H,4,7H2,2H3,(H,10,11). The van der Waals surface area contributed by atoms with Crippen molar-refractivity contribution in [2.24, 2.45) is 0 Å². The second kappa shape index (κ2) is 4.58. The van der Waals surface area contributed by atoms with Gasteiger partial charge in [0.2, 0.25) is 0 Å². The minimum atomic E-state index is 0.347. The van der Waals surface area contributed by atoms with E-state index in [4.69, 9.17) is 6.42 Å². The number of hydrogen-bond donors (Lipinski definition) is 2. The van der Waals surface area contributed by atoms with Gasteiger partial charge in [-0.15, -0.1) is 12.3 Å². The molecule has 1 atom stereocenters. The molecule has 0 aromatic carbocycles. The monoisotopic (exact) mass is 163 g/mol. The molecule has 1 rings (SSSR count). The van der Waals surface area contributed by atoms with Gasteiger partial charge in [0.15, 0.2) is 0 Å². The number of nitrogens with zero attached hydrogens (tertiary/aromatic N) is 1. The minimum absolute atomic E-state index is 0.347. The van der Waals surface area contributed by atoms with Gasteiger partial charge in [-0.1, -0.05) is 0 Å². The number of hydrogen-bond acceptors (Lipinski definition) is 2. The summed E-state index contributed by atoms with van der Waals surface area (Å²) in [6.45, 7) is 2.80. The second-order valence-corrected chi connectivity index (χ2v) is 2.73. The lowest BCUT2D eigenvalue weighted by atomic mass is 10.2. The summed E-state index contributed by atoms with van der Waals surface area (Å²) in [7, 11) is 0. The van der Waals surface area contributed by atoms with E-state index in [0.717, 1.165) is 18.8 Å². The summed E-state index contributed by atoms with van der Waals surface area (Å²) >= 11 is 0. The molecule has 12 heavy (non-hydrogen) atoms. The Morgan fingerprint density at radius 3 is 3.25 bits per heavy atom. The van der Waals surface area contributed by atoms with E-state index in [1.807, 2.05) is 6.20 Å². The normalized spacial score (nSPS) is 12.3. The molecular formula is C9H13N3. The topological polar surface area (TPSA) is 40.7 Å². The van der Waals surface area contributed by atoms with Crippen molar-refractivity contribution >= 4 is 0 Å². The molecule has 1 aromatic rings. The van der Waals surface area contributed by atoms with E-state index in [0.29, 0.717) is 6.04 Å². The Balaban J connectivity index is 2.23. The molecule has 64 valence electrons. The number of terminal acetylenes is 1. The first-order valence-electron chi connectivity index (χ1n) is 3.98. The van der Waals surface area contributed by atoms with Gasteiger partial charge in [-0.2, -0.15) is 0 Å². The van der Waals surface area contributed by atoms with Gasteiger partial charge >= 0.3 is 0 Å². The zero-order valence-electron chi connectivity index (χ0n) is 7.17. The lowest BCUT2D eigenvalue weighted by molar-refractivity contribution is 0.548. The minimum Gasteiger partial charge on any atom is -0.348 e. The maximum atomic E-state index is 5.16. The van der Waals surface area contributed by atoms with Crippen molar-refractivity contribution in [2.45, 2.75) is 25.9 Å². The molecule has 0 saturated carbocycles. The summed E-state index contributed by atoms with van der Waals surface area (Å²) in [5.74, 6) is 3.55. The maximum Gasteiger partial charge on any atom is 0.120 e. The lowest BCUT2D eigenvalue weighted by Crippen LogP contribution is -2.25. The summed E-state index contributed by atoms with van der Waals surface area (Å²) in [6.07, 6.45) is 9.46. The molecule has 0 bridgehead atoms. The number of rotatable bonds is 4. The van der Waals surface area contributed by atoms with Crippen LogP contribution in [0.15, 0.2) is 12.4 Å². The molecule has 3 heteroatoms. The van der Waals surface area contributed by atoms with Gasteiger partial charge in [-0.3, -0.25) is 0 Å². The summed E-state index contributed by atoms with van der Waals surface area (Å²) < 4.78 is 0. The molecule has 0 radical (unpaired) electrons. The van der Waals surface area contributed by atoms with E-state index in [-0.39, 0.29) is 0 Å². The Labute approximate surface area is 72.6 Å². The van der Waals surface area contributed by atoms with Gasteiger partial charge in [-0.05, 0) is 6.92 Å². The molecule has 0 aliphatic rings. The van der Waals surface area contributed by atoms with Crippen LogP contribution in [0.2, 0.25) is 0 Å². The molecule has 2 N–H and O–H groups in total. The first-order valence-corrected chi connectivity index (χ1v) is 3.98. The molecule has 0 saturated heterocycles. The van der Waals surface area contributed by atoms with Gasteiger partial charge in [0, 0.05) is 24.9 Å². The van der Waals surface area contributed by atoms with Crippen LogP contribution in [0.3, 0.4) is 0 Å². The molecule has 1 heterocycles. The van der Waals surface area contributed by atoms with E-state index in [1.54, 1.807) is 6.20 Å². The third kappa shape index (κ3) is 2.77. The highest BCUT2D eigenvalue weighted by Gasteiger charge is 1.99. The van der Waals surface area contributed by atoms with Gasteiger partial charge < -0.3 is 10.3 Å². The van der Waals surface area contributed by atoms with Crippen molar-refractivity contribution in [3.05, 3.63) is 18.2 Å². The van der Waals surface area contributed by atoms with Gasteiger partial charge in [0.25, 0.3) is 0 Å². The highest BCUT2D eigenvalue weighted by Crippen LogP contribution is 1.91.